The van der Waals surface area contributed by atoms with Gasteiger partial charge in [-0.15, -0.1) is 0 Å². The molecule has 0 unspecified atom stereocenters. The van der Waals surface area contributed by atoms with Crippen LogP contribution in [0.3, 0.4) is 0 Å². The summed E-state index contributed by atoms with van der Waals surface area (Å²) in [4.78, 5) is 20.7. The predicted molar refractivity (Wildman–Crippen MR) is 29.0 cm³/mol. The van der Waals surface area contributed by atoms with Gasteiger partial charge in [-0.2, -0.15) is 0 Å². The maximum atomic E-state index is 10.4. The molecule has 0 radical (unpaired) electrons. The number of nitrogens with one attached hydrogen (secondary N) is 3. The summed E-state index contributed by atoms with van der Waals surface area (Å²) >= 11 is 0. The number of imide groups is 1. The molecule has 5 heteroatoms. The molecule has 1 aliphatic rings. The fourth-order valence-electron chi connectivity index (χ4n) is 0.409. The summed E-state index contributed by atoms with van der Waals surface area (Å²) in [5.74, 6) is -0.433. The van der Waals surface area contributed by atoms with Crippen molar-refractivity contribution in [3.8, 4) is 0 Å². The molecule has 1 heterocycles. The summed E-state index contributed by atoms with van der Waals surface area (Å²) in [5, 5.41) is 2.00. The van der Waals surface area contributed by atoms with Crippen molar-refractivity contribution in [1.82, 2.24) is 16.2 Å². The van der Waals surface area contributed by atoms with Gasteiger partial charge in [0.15, 0.2) is 0 Å². The molecule has 0 aromatic heterocycles. The van der Waals surface area contributed by atoms with Crippen LogP contribution in [-0.2, 0) is 4.79 Å². The second-order valence-corrected chi connectivity index (χ2v) is 1.42. The van der Waals surface area contributed by atoms with E-state index in [1.807, 2.05) is 5.32 Å². The van der Waals surface area contributed by atoms with Crippen LogP contribution < -0.4 is 16.2 Å². The lowest BCUT2D eigenvalue weighted by Gasteiger charge is -1.97. The molecule has 0 aromatic carbocycles. The van der Waals surface area contributed by atoms with Crippen LogP contribution in [0.4, 0.5) is 4.79 Å². The molecule has 48 valence electrons. The number of rotatable bonds is 0. The number of carbonyl (C=O) groups is 2. The smallest absolute Gasteiger partial charge is 0.304 e. The first-order valence-corrected chi connectivity index (χ1v) is 2.32. The maximum Gasteiger partial charge on any atom is 0.340 e. The van der Waals surface area contributed by atoms with E-state index in [1.54, 1.807) is 0 Å². The van der Waals surface area contributed by atoms with Crippen LogP contribution in [0.1, 0.15) is 0 Å². The average molecular weight is 127 g/mol. The molecule has 0 aliphatic carbocycles. The third kappa shape index (κ3) is 1.45. The first kappa shape index (κ1) is 5.61. The molecule has 1 rings (SSSR count). The minimum absolute atomic E-state index is 0.433. The van der Waals surface area contributed by atoms with Gasteiger partial charge in [0.2, 0.25) is 0 Å². The Hall–Kier alpha value is -1.52. The van der Waals surface area contributed by atoms with Crippen LogP contribution >= 0.6 is 0 Å². The van der Waals surface area contributed by atoms with Gasteiger partial charge < -0.3 is 5.43 Å². The maximum absolute atomic E-state index is 10.4. The first-order chi connectivity index (χ1) is 4.29. The molecule has 9 heavy (non-hydrogen) atoms. The van der Waals surface area contributed by atoms with E-state index in [0.29, 0.717) is 0 Å². The third-order valence-electron chi connectivity index (χ3n) is 0.740. The minimum Gasteiger partial charge on any atom is -0.304 e. The van der Waals surface area contributed by atoms with Crippen molar-refractivity contribution in [1.29, 1.82) is 0 Å². The molecule has 0 bridgehead atoms. The van der Waals surface area contributed by atoms with Crippen molar-refractivity contribution in [3.05, 3.63) is 12.3 Å². The summed E-state index contributed by atoms with van der Waals surface area (Å²) in [5.41, 5.74) is 4.53. The SMILES string of the molecule is O=C1C=CNNC(=O)N1. The van der Waals surface area contributed by atoms with E-state index in [0.717, 1.165) is 0 Å². The fraction of sp³-hybridized carbons (Fsp3) is 0. The van der Waals surface area contributed by atoms with E-state index in [2.05, 4.69) is 10.9 Å². The molecule has 1 aliphatic heterocycles. The van der Waals surface area contributed by atoms with Gasteiger partial charge in [0.1, 0.15) is 0 Å². The molecule has 0 atom stereocenters. The average Bonchev–Trinajstić information content (AvgIpc) is 1.93. The number of hydrogen-bond acceptors (Lipinski definition) is 3. The van der Waals surface area contributed by atoms with E-state index >= 15 is 0 Å². The Labute approximate surface area is 51.1 Å². The zero-order valence-electron chi connectivity index (χ0n) is 4.47. The van der Waals surface area contributed by atoms with Gasteiger partial charge in [-0.25, -0.2) is 4.79 Å². The third-order valence-corrected chi connectivity index (χ3v) is 0.740. The summed E-state index contributed by atoms with van der Waals surface area (Å²) in [7, 11) is 0. The summed E-state index contributed by atoms with van der Waals surface area (Å²) in [6, 6.07) is -0.551. The van der Waals surface area contributed by atoms with Crippen molar-refractivity contribution >= 4 is 11.9 Å². The second kappa shape index (κ2) is 2.17. The molecule has 5 nitrogen and oxygen atoms in total. The molecule has 0 aromatic rings. The summed E-state index contributed by atoms with van der Waals surface area (Å²) in [6.45, 7) is 0. The Morgan fingerprint density at radius 2 is 2.11 bits per heavy atom. The minimum atomic E-state index is -0.551. The van der Waals surface area contributed by atoms with Gasteiger partial charge in [-0.1, -0.05) is 0 Å². The number of hydrogen-bond donors (Lipinski definition) is 3. The molecular formula is C4H5N3O2. The van der Waals surface area contributed by atoms with Crippen molar-refractivity contribution in [3.63, 3.8) is 0 Å². The first-order valence-electron chi connectivity index (χ1n) is 2.32. The second-order valence-electron chi connectivity index (χ2n) is 1.42. The lowest BCUT2D eigenvalue weighted by atomic mass is 10.6. The molecule has 0 saturated heterocycles. The highest BCUT2D eigenvalue weighted by Gasteiger charge is 2.04. The Morgan fingerprint density at radius 1 is 1.33 bits per heavy atom. The van der Waals surface area contributed by atoms with Gasteiger partial charge in [0.25, 0.3) is 5.91 Å². The quantitative estimate of drug-likeness (QED) is 0.384. The van der Waals surface area contributed by atoms with Crippen molar-refractivity contribution in [2.75, 3.05) is 0 Å². The molecular weight excluding hydrogens is 122 g/mol. The zero-order chi connectivity index (χ0) is 6.69. The van der Waals surface area contributed by atoms with Crippen molar-refractivity contribution in [2.24, 2.45) is 0 Å². The lowest BCUT2D eigenvalue weighted by molar-refractivity contribution is -0.115. The van der Waals surface area contributed by atoms with Crippen LogP contribution in [-0.4, -0.2) is 11.9 Å². The van der Waals surface area contributed by atoms with E-state index in [-0.39, 0.29) is 0 Å². The van der Waals surface area contributed by atoms with E-state index in [4.69, 9.17) is 0 Å². The van der Waals surface area contributed by atoms with Crippen LogP contribution in [0.15, 0.2) is 12.3 Å². The van der Waals surface area contributed by atoms with E-state index < -0.39 is 11.9 Å². The Balaban J connectivity index is 2.61. The molecule has 0 saturated carbocycles. The van der Waals surface area contributed by atoms with Gasteiger partial charge in [-0.3, -0.25) is 15.5 Å². The highest BCUT2D eigenvalue weighted by Crippen LogP contribution is 1.73. The fourth-order valence-corrected chi connectivity index (χ4v) is 0.409. The Bertz CT molecular complexity index is 175. The number of amides is 3. The van der Waals surface area contributed by atoms with E-state index in [9.17, 15) is 9.59 Å². The van der Waals surface area contributed by atoms with Gasteiger partial charge in [-0.05, 0) is 0 Å². The molecule has 3 amide bonds. The molecule has 3 N–H and O–H groups in total. The topological polar surface area (TPSA) is 70.2 Å². The number of urea groups is 1. The molecule has 0 fully saturated rings. The van der Waals surface area contributed by atoms with Crippen LogP contribution in [0.25, 0.3) is 0 Å². The monoisotopic (exact) mass is 127 g/mol. The van der Waals surface area contributed by atoms with Crippen molar-refractivity contribution < 1.29 is 9.59 Å². The Morgan fingerprint density at radius 3 is 2.89 bits per heavy atom. The Kier molecular flexibility index (Phi) is 1.35. The van der Waals surface area contributed by atoms with Gasteiger partial charge in [0.05, 0.1) is 0 Å². The highest BCUT2D eigenvalue weighted by atomic mass is 16.2. The van der Waals surface area contributed by atoms with Crippen LogP contribution in [0, 0.1) is 0 Å². The van der Waals surface area contributed by atoms with Crippen LogP contribution in [0.2, 0.25) is 0 Å². The van der Waals surface area contributed by atoms with E-state index in [1.165, 1.54) is 12.3 Å². The summed E-state index contributed by atoms with van der Waals surface area (Å²) < 4.78 is 0. The normalized spacial score (nSPS) is 17.3. The molecule has 0 spiro atoms. The standard InChI is InChI=1S/C4H5N3O2/c8-3-1-2-5-7-4(9)6-3/h1-2,5H,(H2,6,7,8,9). The summed E-state index contributed by atoms with van der Waals surface area (Å²) in [6.07, 6.45) is 2.54. The lowest BCUT2D eigenvalue weighted by Crippen LogP contribution is -2.41. The largest absolute Gasteiger partial charge is 0.340 e. The van der Waals surface area contributed by atoms with Gasteiger partial charge >= 0.3 is 6.03 Å². The van der Waals surface area contributed by atoms with Crippen molar-refractivity contribution in [2.45, 2.75) is 0 Å². The van der Waals surface area contributed by atoms with Crippen LogP contribution in [0.5, 0.6) is 0 Å². The number of carbonyl (C=O) groups excluding carboxylic acids is 2. The highest BCUT2D eigenvalue weighted by molar-refractivity contribution is 6.00. The predicted octanol–water partition coefficient (Wildman–Crippen LogP) is -1.16. The van der Waals surface area contributed by atoms with Gasteiger partial charge in [0, 0.05) is 12.3 Å². The zero-order valence-corrected chi connectivity index (χ0v) is 4.47. The number of hydrazine groups is 1.